The molecule has 3 rings (SSSR count). The molecule has 1 unspecified atom stereocenters. The summed E-state index contributed by atoms with van der Waals surface area (Å²) in [6, 6.07) is 4.41. The summed E-state index contributed by atoms with van der Waals surface area (Å²) in [5.41, 5.74) is 7.96. The number of piperidine rings is 1. The molecule has 4 atom stereocenters. The van der Waals surface area contributed by atoms with E-state index in [1.807, 2.05) is 6.92 Å². The topological polar surface area (TPSA) is 115 Å². The molecule has 0 spiro atoms. The third-order valence-electron chi connectivity index (χ3n) is 6.98. The molecule has 0 aromatic heterocycles. The molecule has 2 aliphatic rings. The first-order chi connectivity index (χ1) is 17.4. The van der Waals surface area contributed by atoms with Crippen molar-refractivity contribution in [2.45, 2.75) is 51.2 Å². The van der Waals surface area contributed by atoms with Crippen molar-refractivity contribution in [1.82, 2.24) is 15.5 Å². The molecule has 1 aromatic carbocycles. The van der Waals surface area contributed by atoms with Crippen LogP contribution in [0.1, 0.15) is 49.3 Å². The van der Waals surface area contributed by atoms with Crippen LogP contribution in [0.3, 0.4) is 0 Å². The summed E-state index contributed by atoms with van der Waals surface area (Å²) in [6.45, 7) is 5.53. The highest BCUT2D eigenvalue weighted by molar-refractivity contribution is 5.74. The zero-order valence-electron chi connectivity index (χ0n) is 21.5. The Labute approximate surface area is 213 Å². The van der Waals surface area contributed by atoms with Crippen LogP contribution in [-0.2, 0) is 14.2 Å². The highest BCUT2D eigenvalue weighted by atomic mass is 19.1. The first kappa shape index (κ1) is 28.1. The molecule has 0 radical (unpaired) electrons. The van der Waals surface area contributed by atoms with Gasteiger partial charge in [0.25, 0.3) is 0 Å². The van der Waals surface area contributed by atoms with Crippen molar-refractivity contribution < 1.29 is 28.2 Å². The second kappa shape index (κ2) is 14.3. The summed E-state index contributed by atoms with van der Waals surface area (Å²) in [6.07, 6.45) is 3.72. The van der Waals surface area contributed by atoms with E-state index in [9.17, 15) is 14.0 Å². The molecule has 202 valence electrons. The fourth-order valence-electron chi connectivity index (χ4n) is 5.09. The largest absolute Gasteiger partial charge is 0.453 e. The molecule has 0 bridgehead atoms. The number of nitrogens with one attached hydrogen (secondary N) is 2. The number of hydrogen-bond acceptors (Lipinski definition) is 6. The van der Waals surface area contributed by atoms with Crippen molar-refractivity contribution in [3.05, 3.63) is 35.1 Å². The molecular weight excluding hydrogens is 467 g/mol. The quantitative estimate of drug-likeness (QED) is 0.419. The number of nitrogens with two attached hydrogens (primary N) is 1. The molecular formula is C26H41FN4O5. The lowest BCUT2D eigenvalue weighted by Crippen LogP contribution is -2.49. The molecule has 9 nitrogen and oxygen atoms in total. The molecule has 4 N–H and O–H groups in total. The molecule has 2 heterocycles. The number of halogens is 1. The van der Waals surface area contributed by atoms with Crippen molar-refractivity contribution in [3.8, 4) is 0 Å². The summed E-state index contributed by atoms with van der Waals surface area (Å²) in [5, 5.41) is 5.59. The van der Waals surface area contributed by atoms with Gasteiger partial charge in [0.05, 0.1) is 19.8 Å². The number of aryl methyl sites for hydroxylation is 1. The van der Waals surface area contributed by atoms with Gasteiger partial charge >= 0.3 is 12.1 Å². The van der Waals surface area contributed by atoms with E-state index in [-0.39, 0.29) is 37.0 Å². The second-order valence-corrected chi connectivity index (χ2v) is 9.82. The van der Waals surface area contributed by atoms with Crippen LogP contribution >= 0.6 is 0 Å². The van der Waals surface area contributed by atoms with Crippen molar-refractivity contribution in [2.24, 2.45) is 17.6 Å². The average molecular weight is 509 g/mol. The van der Waals surface area contributed by atoms with Gasteiger partial charge in [0.15, 0.2) is 0 Å². The number of urea groups is 1. The van der Waals surface area contributed by atoms with Gasteiger partial charge in [-0.25, -0.2) is 14.0 Å². The number of likely N-dealkylation sites (tertiary alicyclic amines) is 1. The fraction of sp³-hybridized carbons (Fsp3) is 0.692. The molecule has 0 saturated carbocycles. The van der Waals surface area contributed by atoms with Crippen LogP contribution in [-0.4, -0.2) is 76.2 Å². The fourth-order valence-corrected chi connectivity index (χ4v) is 5.09. The van der Waals surface area contributed by atoms with Gasteiger partial charge in [0, 0.05) is 51.4 Å². The van der Waals surface area contributed by atoms with E-state index < -0.39 is 12.2 Å². The van der Waals surface area contributed by atoms with E-state index in [1.54, 1.807) is 11.0 Å². The van der Waals surface area contributed by atoms with Crippen molar-refractivity contribution >= 4 is 12.1 Å². The lowest BCUT2D eigenvalue weighted by Gasteiger charge is -2.37. The summed E-state index contributed by atoms with van der Waals surface area (Å²) >= 11 is 0. The average Bonchev–Trinajstić information content (AvgIpc) is 2.89. The molecule has 2 saturated heterocycles. The van der Waals surface area contributed by atoms with E-state index in [0.717, 1.165) is 56.4 Å². The number of amides is 3. The van der Waals surface area contributed by atoms with E-state index in [2.05, 4.69) is 15.4 Å². The van der Waals surface area contributed by atoms with Crippen LogP contribution in [0.25, 0.3) is 0 Å². The predicted molar refractivity (Wildman–Crippen MR) is 134 cm³/mol. The molecule has 2 aliphatic heterocycles. The van der Waals surface area contributed by atoms with E-state index >= 15 is 0 Å². The maximum atomic E-state index is 14.1. The monoisotopic (exact) mass is 508 g/mol. The van der Waals surface area contributed by atoms with Gasteiger partial charge in [-0.1, -0.05) is 6.07 Å². The first-order valence-corrected chi connectivity index (χ1v) is 12.9. The van der Waals surface area contributed by atoms with E-state index in [0.29, 0.717) is 25.6 Å². The Morgan fingerprint density at radius 2 is 2.11 bits per heavy atom. The molecule has 0 aliphatic carbocycles. The summed E-state index contributed by atoms with van der Waals surface area (Å²) in [7, 11) is 1.30. The minimum absolute atomic E-state index is 0.0174. The normalized spacial score (nSPS) is 21.9. The molecule has 2 fully saturated rings. The first-order valence-electron chi connectivity index (χ1n) is 12.9. The van der Waals surface area contributed by atoms with Gasteiger partial charge in [0.1, 0.15) is 5.82 Å². The molecule has 10 heteroatoms. The predicted octanol–water partition coefficient (Wildman–Crippen LogP) is 3.11. The zero-order chi connectivity index (χ0) is 25.9. The maximum Gasteiger partial charge on any atom is 0.406 e. The summed E-state index contributed by atoms with van der Waals surface area (Å²) in [5.74, 6) is 0.0990. The van der Waals surface area contributed by atoms with Crippen LogP contribution in [0.4, 0.5) is 14.0 Å². The number of ether oxygens (including phenoxy) is 3. The smallest absolute Gasteiger partial charge is 0.406 e. The Bertz CT molecular complexity index is 852. The lowest BCUT2D eigenvalue weighted by molar-refractivity contribution is -0.00900. The van der Waals surface area contributed by atoms with Crippen molar-refractivity contribution in [2.75, 3.05) is 53.1 Å². The minimum Gasteiger partial charge on any atom is -0.453 e. The zero-order valence-corrected chi connectivity index (χ0v) is 21.5. The highest BCUT2D eigenvalue weighted by Gasteiger charge is 2.32. The number of carbonyl (C=O) groups excluding carboxylic acids is 2. The Kier molecular flexibility index (Phi) is 11.2. The number of nitrogens with zero attached hydrogens (tertiary/aromatic N) is 1. The number of hydrogen-bond donors (Lipinski definition) is 3. The second-order valence-electron chi connectivity index (χ2n) is 9.82. The van der Waals surface area contributed by atoms with Gasteiger partial charge in [-0.05, 0) is 68.2 Å². The third-order valence-corrected chi connectivity index (χ3v) is 6.98. The Morgan fingerprint density at radius 3 is 2.86 bits per heavy atom. The van der Waals surface area contributed by atoms with Crippen molar-refractivity contribution in [3.63, 3.8) is 0 Å². The number of carbonyl (C=O) groups is 2. The number of alkyl carbamates (subject to hydrolysis) is 1. The third kappa shape index (κ3) is 8.60. The number of rotatable bonds is 10. The number of benzene rings is 1. The number of methoxy groups -OCH3 is 1. The van der Waals surface area contributed by atoms with Crippen LogP contribution in [0.2, 0.25) is 0 Å². The van der Waals surface area contributed by atoms with Crippen LogP contribution < -0.4 is 16.4 Å². The Hall–Kier alpha value is -2.43. The molecule has 1 aromatic rings. The molecule has 36 heavy (non-hydrogen) atoms. The lowest BCUT2D eigenvalue weighted by atomic mass is 9.86. The van der Waals surface area contributed by atoms with Gasteiger partial charge in [-0.3, -0.25) is 0 Å². The SMILES string of the molecule is COC(=O)NCCOC(c1cc(F)ccc1C)[C@@H]1CCCN(C(=O)NC[C@H](N)C[C@H]2CCCOC2)C1. The van der Waals surface area contributed by atoms with Gasteiger partial charge < -0.3 is 35.5 Å². The standard InChI is InChI=1S/C26H41FN4O5/c1-18-7-8-21(27)14-23(18)24(36-12-9-29-26(33)34-2)20-6-3-10-31(16-20)25(32)30-15-22(28)13-19-5-4-11-35-17-19/h7-8,14,19-20,22,24H,3-6,9-13,15-17,28H2,1-2H3,(H,29,33)(H,30,32)/t19-,20-,22-,24?/m1/s1. The Balaban J connectivity index is 1.58. The van der Waals surface area contributed by atoms with E-state index in [1.165, 1.54) is 19.2 Å². The van der Waals surface area contributed by atoms with Gasteiger partial charge in [-0.15, -0.1) is 0 Å². The van der Waals surface area contributed by atoms with E-state index in [4.69, 9.17) is 15.2 Å². The minimum atomic E-state index is -0.535. The van der Waals surface area contributed by atoms with Gasteiger partial charge in [-0.2, -0.15) is 0 Å². The summed E-state index contributed by atoms with van der Waals surface area (Å²) < 4.78 is 30.4. The highest BCUT2D eigenvalue weighted by Crippen LogP contribution is 2.35. The van der Waals surface area contributed by atoms with Crippen molar-refractivity contribution in [1.29, 1.82) is 0 Å². The molecule has 3 amide bonds. The maximum absolute atomic E-state index is 14.1. The van der Waals surface area contributed by atoms with Crippen LogP contribution in [0.5, 0.6) is 0 Å². The van der Waals surface area contributed by atoms with Gasteiger partial charge in [0.2, 0.25) is 0 Å². The van der Waals surface area contributed by atoms with Crippen LogP contribution in [0, 0.1) is 24.6 Å². The van der Waals surface area contributed by atoms with Crippen LogP contribution in [0.15, 0.2) is 18.2 Å². The Morgan fingerprint density at radius 1 is 1.28 bits per heavy atom. The summed E-state index contributed by atoms with van der Waals surface area (Å²) in [4.78, 5) is 26.1.